The minimum Gasteiger partial charge on any atom is -0.495 e. The predicted octanol–water partition coefficient (Wildman–Crippen LogP) is 4.21. The van der Waals surface area contributed by atoms with Crippen LogP contribution in [0, 0.1) is 5.82 Å². The van der Waals surface area contributed by atoms with Gasteiger partial charge in [-0.15, -0.1) is 0 Å². The zero-order valence-corrected chi connectivity index (χ0v) is 19.5. The maximum atomic E-state index is 14.0. The summed E-state index contributed by atoms with van der Waals surface area (Å²) in [5, 5.41) is 0.279. The van der Waals surface area contributed by atoms with Crippen molar-refractivity contribution in [2.75, 3.05) is 18.6 Å². The fraction of sp³-hybridized carbons (Fsp3) is 0.115. The molecule has 1 unspecified atom stereocenters. The van der Waals surface area contributed by atoms with Crippen LogP contribution in [-0.4, -0.2) is 25.5 Å². The van der Waals surface area contributed by atoms with Crippen molar-refractivity contribution >= 4 is 40.1 Å². The number of amides is 2. The van der Waals surface area contributed by atoms with Gasteiger partial charge in [0.25, 0.3) is 11.8 Å². The van der Waals surface area contributed by atoms with Crippen molar-refractivity contribution < 1.29 is 27.9 Å². The summed E-state index contributed by atoms with van der Waals surface area (Å²) >= 11 is 6.33. The summed E-state index contributed by atoms with van der Waals surface area (Å²) in [5.74, 6) is -1.17. The van der Waals surface area contributed by atoms with Gasteiger partial charge in [-0.05, 0) is 54.1 Å². The van der Waals surface area contributed by atoms with E-state index in [1.165, 1.54) is 18.1 Å². The van der Waals surface area contributed by atoms with E-state index < -0.39 is 29.1 Å². The second-order valence-corrected chi connectivity index (χ2v) is 8.44. The molecule has 0 saturated heterocycles. The van der Waals surface area contributed by atoms with E-state index in [9.17, 15) is 18.8 Å². The normalized spacial score (nSPS) is 14.7. The predicted molar refractivity (Wildman–Crippen MR) is 130 cm³/mol. The Bertz CT molecular complexity index is 1580. The van der Waals surface area contributed by atoms with E-state index in [2.05, 4.69) is 0 Å². The van der Waals surface area contributed by atoms with Gasteiger partial charge in [-0.1, -0.05) is 23.7 Å². The number of fused-ring (bicyclic) bond motifs is 2. The molecule has 2 heterocycles. The second kappa shape index (κ2) is 9.01. The Morgan fingerprint density at radius 2 is 1.86 bits per heavy atom. The van der Waals surface area contributed by atoms with Gasteiger partial charge in [0.15, 0.2) is 12.0 Å². The number of benzene rings is 3. The number of nitrogens with zero attached hydrogens (tertiary/aromatic N) is 1. The van der Waals surface area contributed by atoms with Crippen LogP contribution in [0.5, 0.6) is 11.5 Å². The summed E-state index contributed by atoms with van der Waals surface area (Å²) in [6, 6.07) is 13.9. The summed E-state index contributed by atoms with van der Waals surface area (Å²) < 4.78 is 30.3. The lowest BCUT2D eigenvalue weighted by Gasteiger charge is -2.26. The van der Waals surface area contributed by atoms with Crippen molar-refractivity contribution in [1.29, 1.82) is 0 Å². The van der Waals surface area contributed by atoms with Gasteiger partial charge in [-0.25, -0.2) is 4.39 Å². The Labute approximate surface area is 208 Å². The molecule has 0 saturated carbocycles. The minimum atomic E-state index is -0.911. The highest BCUT2D eigenvalue weighted by molar-refractivity contribution is 6.32. The molecule has 36 heavy (non-hydrogen) atoms. The van der Waals surface area contributed by atoms with Crippen LogP contribution in [0.4, 0.5) is 10.1 Å². The average molecular weight is 509 g/mol. The number of ether oxygens (including phenoxy) is 2. The summed E-state index contributed by atoms with van der Waals surface area (Å²) in [7, 11) is 1.47. The first-order valence-corrected chi connectivity index (χ1v) is 11.1. The number of rotatable bonds is 6. The van der Waals surface area contributed by atoms with Crippen LogP contribution in [0.2, 0.25) is 5.02 Å². The van der Waals surface area contributed by atoms with Crippen LogP contribution in [0.25, 0.3) is 11.0 Å². The SMILES string of the molecule is COc1ccc(N2C(=O)c3oc4ccc(F)cc4c(=O)c3C2c2ccc(OCC(N)=O)cc2)cc1Cl. The lowest BCUT2D eigenvalue weighted by Crippen LogP contribution is -2.29. The number of methoxy groups -OCH3 is 1. The van der Waals surface area contributed by atoms with Crippen LogP contribution in [0.1, 0.15) is 27.7 Å². The van der Waals surface area contributed by atoms with Crippen molar-refractivity contribution in [2.45, 2.75) is 6.04 Å². The van der Waals surface area contributed by atoms with Crippen molar-refractivity contribution in [3.63, 3.8) is 0 Å². The largest absolute Gasteiger partial charge is 0.495 e. The highest BCUT2D eigenvalue weighted by atomic mass is 35.5. The van der Waals surface area contributed by atoms with Crippen molar-refractivity contribution in [3.8, 4) is 11.5 Å². The highest BCUT2D eigenvalue weighted by Crippen LogP contribution is 2.43. The average Bonchev–Trinajstić information content (AvgIpc) is 3.16. The first kappa shape index (κ1) is 23.4. The molecule has 8 nitrogen and oxygen atoms in total. The Kier molecular flexibility index (Phi) is 5.85. The van der Waals surface area contributed by atoms with Crippen LogP contribution in [0.3, 0.4) is 0 Å². The molecule has 1 atom stereocenters. The summed E-state index contributed by atoms with van der Waals surface area (Å²) in [6.07, 6.45) is 0. The number of hydrogen-bond acceptors (Lipinski definition) is 6. The topological polar surface area (TPSA) is 112 Å². The van der Waals surface area contributed by atoms with Gasteiger partial charge in [0, 0.05) is 5.69 Å². The summed E-state index contributed by atoms with van der Waals surface area (Å²) in [4.78, 5) is 39.6. The van der Waals surface area contributed by atoms with Gasteiger partial charge in [0.2, 0.25) is 5.76 Å². The van der Waals surface area contributed by atoms with Crippen LogP contribution < -0.4 is 25.5 Å². The van der Waals surface area contributed by atoms with Gasteiger partial charge in [0.05, 0.1) is 29.1 Å². The molecule has 0 aliphatic carbocycles. The van der Waals surface area contributed by atoms with Crippen molar-refractivity contribution in [1.82, 2.24) is 0 Å². The third kappa shape index (κ3) is 3.93. The molecule has 4 aromatic rings. The first-order chi connectivity index (χ1) is 17.3. The number of carbonyl (C=O) groups excluding carboxylic acids is 2. The fourth-order valence-electron chi connectivity index (χ4n) is 4.23. The lowest BCUT2D eigenvalue weighted by molar-refractivity contribution is -0.119. The zero-order chi connectivity index (χ0) is 25.6. The van der Waals surface area contributed by atoms with E-state index in [0.717, 1.165) is 12.1 Å². The first-order valence-electron chi connectivity index (χ1n) is 10.7. The number of halogens is 2. The van der Waals surface area contributed by atoms with E-state index in [1.807, 2.05) is 0 Å². The van der Waals surface area contributed by atoms with Crippen LogP contribution >= 0.6 is 11.6 Å². The summed E-state index contributed by atoms with van der Waals surface area (Å²) in [5.41, 5.74) is 5.70. The number of primary amides is 1. The lowest BCUT2D eigenvalue weighted by atomic mass is 9.98. The molecule has 10 heteroatoms. The molecule has 182 valence electrons. The Morgan fingerprint density at radius 3 is 2.53 bits per heavy atom. The molecule has 1 aliphatic heterocycles. The molecule has 0 spiro atoms. The number of nitrogens with two attached hydrogens (primary N) is 1. The van der Waals surface area contributed by atoms with Gasteiger partial charge >= 0.3 is 0 Å². The van der Waals surface area contributed by atoms with E-state index in [1.54, 1.807) is 42.5 Å². The molecule has 2 amide bonds. The van der Waals surface area contributed by atoms with Crippen LogP contribution in [0.15, 0.2) is 69.9 Å². The van der Waals surface area contributed by atoms with E-state index in [4.69, 9.17) is 31.2 Å². The van der Waals surface area contributed by atoms with E-state index in [0.29, 0.717) is 22.7 Å². The molecule has 2 N–H and O–H groups in total. The molecule has 0 radical (unpaired) electrons. The smallest absolute Gasteiger partial charge is 0.295 e. The number of hydrogen-bond donors (Lipinski definition) is 1. The van der Waals surface area contributed by atoms with E-state index in [-0.39, 0.29) is 33.9 Å². The van der Waals surface area contributed by atoms with Gasteiger partial charge in [-0.3, -0.25) is 19.3 Å². The fourth-order valence-corrected chi connectivity index (χ4v) is 4.48. The third-order valence-corrected chi connectivity index (χ3v) is 6.12. The monoisotopic (exact) mass is 508 g/mol. The van der Waals surface area contributed by atoms with Gasteiger partial charge in [0.1, 0.15) is 22.9 Å². The second-order valence-electron chi connectivity index (χ2n) is 8.04. The molecular formula is C26H18ClFN2O6. The molecule has 0 bridgehead atoms. The highest BCUT2D eigenvalue weighted by Gasteiger charge is 2.43. The van der Waals surface area contributed by atoms with Crippen molar-refractivity contribution in [3.05, 3.63) is 98.6 Å². The van der Waals surface area contributed by atoms with E-state index >= 15 is 0 Å². The molecule has 5 rings (SSSR count). The molecule has 3 aromatic carbocycles. The molecule has 1 aromatic heterocycles. The maximum Gasteiger partial charge on any atom is 0.295 e. The number of carbonyl (C=O) groups is 2. The number of anilines is 1. The molecular weight excluding hydrogens is 491 g/mol. The molecule has 0 fully saturated rings. The Balaban J connectivity index is 1.70. The Morgan fingerprint density at radius 1 is 1.11 bits per heavy atom. The van der Waals surface area contributed by atoms with Gasteiger partial charge < -0.3 is 19.6 Å². The zero-order valence-electron chi connectivity index (χ0n) is 18.8. The van der Waals surface area contributed by atoms with Gasteiger partial charge in [-0.2, -0.15) is 0 Å². The third-order valence-electron chi connectivity index (χ3n) is 5.82. The maximum absolute atomic E-state index is 14.0. The van der Waals surface area contributed by atoms with Crippen molar-refractivity contribution in [2.24, 2.45) is 5.73 Å². The minimum absolute atomic E-state index is 0.0163. The summed E-state index contributed by atoms with van der Waals surface area (Å²) in [6.45, 7) is -0.304. The van der Waals surface area contributed by atoms with Crippen LogP contribution in [-0.2, 0) is 4.79 Å². The molecule has 1 aliphatic rings. The standard InChI is InChI=1S/C26H18ClFN2O6/c1-34-20-9-5-15(11-18(20)27)30-23(13-2-6-16(7-3-13)35-12-21(29)31)22-24(32)17-10-14(28)4-8-19(17)36-25(22)26(30)33/h2-11,23H,12H2,1H3,(H2,29,31). The quantitative estimate of drug-likeness (QED) is 0.417. The Hall–Kier alpha value is -4.37.